The number of rotatable bonds is 5. The second-order valence-corrected chi connectivity index (χ2v) is 7.46. The van der Waals surface area contributed by atoms with E-state index in [-0.39, 0.29) is 6.42 Å². The summed E-state index contributed by atoms with van der Waals surface area (Å²) >= 11 is 0. The summed E-state index contributed by atoms with van der Waals surface area (Å²) in [4.78, 5) is 12.5. The molecule has 0 aliphatic carbocycles. The van der Waals surface area contributed by atoms with Crippen LogP contribution >= 0.6 is 0 Å². The number of halogens is 7. The zero-order valence-corrected chi connectivity index (χ0v) is 17.0. The van der Waals surface area contributed by atoms with Crippen LogP contribution in [0.4, 0.5) is 30.7 Å². The summed E-state index contributed by atoms with van der Waals surface area (Å²) in [7, 11) is 0. The first-order chi connectivity index (χ1) is 14.9. The van der Waals surface area contributed by atoms with Crippen molar-refractivity contribution < 1.29 is 35.5 Å². The Bertz CT molecular complexity index is 1170. The first kappa shape index (κ1) is 23.5. The lowest BCUT2D eigenvalue weighted by Gasteiger charge is -2.14. The monoisotopic (exact) mass is 454 g/mol. The van der Waals surface area contributed by atoms with Gasteiger partial charge < -0.3 is 0 Å². The molecule has 0 bridgehead atoms. The van der Waals surface area contributed by atoms with E-state index in [0.29, 0.717) is 11.1 Å². The van der Waals surface area contributed by atoms with Gasteiger partial charge in [-0.2, -0.15) is 13.2 Å². The lowest BCUT2D eigenvalue weighted by Crippen LogP contribution is -2.19. The van der Waals surface area contributed by atoms with E-state index in [1.54, 1.807) is 19.1 Å². The van der Waals surface area contributed by atoms with Gasteiger partial charge in [0.15, 0.2) is 23.3 Å². The molecule has 0 amide bonds. The van der Waals surface area contributed by atoms with Crippen molar-refractivity contribution >= 4 is 5.78 Å². The Balaban J connectivity index is 1.92. The van der Waals surface area contributed by atoms with Gasteiger partial charge in [0, 0.05) is 18.4 Å². The molecule has 0 aliphatic heterocycles. The molecule has 168 valence electrons. The van der Waals surface area contributed by atoms with Crippen molar-refractivity contribution in [2.24, 2.45) is 0 Å². The normalized spacial score (nSPS) is 11.7. The summed E-state index contributed by atoms with van der Waals surface area (Å²) in [5.74, 6) is -10.4. The van der Waals surface area contributed by atoms with E-state index in [9.17, 15) is 35.5 Å². The summed E-state index contributed by atoms with van der Waals surface area (Å²) < 4.78 is 94.0. The number of aryl methyl sites for hydroxylation is 2. The number of Topliss-reactive ketones (excluding diaryl/α,β-unsaturated/α-hetero) is 1. The van der Waals surface area contributed by atoms with Crippen molar-refractivity contribution in [3.63, 3.8) is 0 Å². The van der Waals surface area contributed by atoms with E-state index in [1.165, 1.54) is 0 Å². The number of carbonyl (C=O) groups is 1. The summed E-state index contributed by atoms with van der Waals surface area (Å²) in [6, 6.07) is 12.8. The average molecular weight is 454 g/mol. The Morgan fingerprint density at radius 3 is 1.94 bits per heavy atom. The van der Waals surface area contributed by atoms with Crippen LogP contribution in [0.15, 0.2) is 42.5 Å². The van der Waals surface area contributed by atoms with Crippen molar-refractivity contribution in [1.29, 1.82) is 0 Å². The predicted molar refractivity (Wildman–Crippen MR) is 105 cm³/mol. The van der Waals surface area contributed by atoms with Crippen LogP contribution < -0.4 is 0 Å². The number of hydrogen-bond donors (Lipinski definition) is 0. The van der Waals surface area contributed by atoms with E-state index in [2.05, 4.69) is 0 Å². The number of ketones is 1. The van der Waals surface area contributed by atoms with E-state index in [0.717, 1.165) is 16.7 Å². The van der Waals surface area contributed by atoms with Gasteiger partial charge >= 0.3 is 6.18 Å². The van der Waals surface area contributed by atoms with Crippen LogP contribution in [0.25, 0.3) is 11.1 Å². The topological polar surface area (TPSA) is 17.1 Å². The smallest absolute Gasteiger partial charge is 0.299 e. The molecule has 0 heterocycles. The molecular weight excluding hydrogens is 437 g/mol. The van der Waals surface area contributed by atoms with Crippen LogP contribution in [0.3, 0.4) is 0 Å². The van der Waals surface area contributed by atoms with Gasteiger partial charge in [0.1, 0.15) is 11.3 Å². The van der Waals surface area contributed by atoms with E-state index in [1.807, 2.05) is 37.3 Å². The van der Waals surface area contributed by atoms with Gasteiger partial charge in [0.2, 0.25) is 0 Å². The Labute approximate surface area is 179 Å². The zero-order chi connectivity index (χ0) is 23.8. The van der Waals surface area contributed by atoms with Gasteiger partial charge in [-0.05, 0) is 41.7 Å². The SMILES string of the molecule is Cc1ccc(-c2ccccc2C)cc1CC(=O)Cc1c(F)c(F)c(C(F)(F)F)c(F)c1F. The van der Waals surface area contributed by atoms with Crippen molar-refractivity contribution in [1.82, 2.24) is 0 Å². The molecule has 0 saturated carbocycles. The average Bonchev–Trinajstić information content (AvgIpc) is 2.71. The number of carbonyl (C=O) groups excluding carboxylic acids is 1. The van der Waals surface area contributed by atoms with Crippen LogP contribution in [-0.2, 0) is 23.8 Å². The Morgan fingerprint density at radius 2 is 1.38 bits per heavy atom. The minimum absolute atomic E-state index is 0.325. The molecule has 0 N–H and O–H groups in total. The third-order valence-corrected chi connectivity index (χ3v) is 5.20. The maximum atomic E-state index is 14.1. The maximum Gasteiger partial charge on any atom is 0.422 e. The molecular formula is C24H17F7O. The molecule has 3 rings (SSSR count). The Morgan fingerprint density at radius 1 is 0.781 bits per heavy atom. The van der Waals surface area contributed by atoms with E-state index in [4.69, 9.17) is 0 Å². The van der Waals surface area contributed by atoms with Crippen LogP contribution in [0.2, 0.25) is 0 Å². The molecule has 8 heteroatoms. The van der Waals surface area contributed by atoms with Gasteiger partial charge in [-0.3, -0.25) is 4.79 Å². The summed E-state index contributed by atoms with van der Waals surface area (Å²) in [6.07, 6.45) is -7.06. The van der Waals surface area contributed by atoms with Crippen LogP contribution in [0, 0.1) is 37.1 Å². The van der Waals surface area contributed by atoms with Gasteiger partial charge in [0.05, 0.1) is 0 Å². The minimum Gasteiger partial charge on any atom is -0.299 e. The second-order valence-electron chi connectivity index (χ2n) is 7.46. The molecule has 0 saturated heterocycles. The van der Waals surface area contributed by atoms with Gasteiger partial charge in [-0.1, -0.05) is 42.5 Å². The van der Waals surface area contributed by atoms with E-state index >= 15 is 0 Å². The fourth-order valence-corrected chi connectivity index (χ4v) is 3.48. The molecule has 32 heavy (non-hydrogen) atoms. The van der Waals surface area contributed by atoms with E-state index < -0.39 is 52.8 Å². The number of hydrogen-bond acceptors (Lipinski definition) is 1. The molecule has 0 aliphatic rings. The van der Waals surface area contributed by atoms with Gasteiger partial charge in [-0.25, -0.2) is 17.6 Å². The lowest BCUT2D eigenvalue weighted by molar-refractivity contribution is -0.143. The molecule has 0 fully saturated rings. The molecule has 0 unspecified atom stereocenters. The van der Waals surface area contributed by atoms with Gasteiger partial charge in [-0.15, -0.1) is 0 Å². The van der Waals surface area contributed by atoms with Crippen LogP contribution in [0.1, 0.15) is 27.8 Å². The lowest BCUT2D eigenvalue weighted by atomic mass is 9.93. The molecule has 0 radical (unpaired) electrons. The third-order valence-electron chi connectivity index (χ3n) is 5.20. The number of alkyl halides is 3. The van der Waals surface area contributed by atoms with Crippen LogP contribution in [0.5, 0.6) is 0 Å². The predicted octanol–water partition coefficient (Wildman–Crippen LogP) is 6.90. The zero-order valence-electron chi connectivity index (χ0n) is 17.0. The van der Waals surface area contributed by atoms with Crippen molar-refractivity contribution in [2.75, 3.05) is 0 Å². The fourth-order valence-electron chi connectivity index (χ4n) is 3.48. The first-order valence-electron chi connectivity index (χ1n) is 9.51. The molecule has 3 aromatic rings. The minimum atomic E-state index is -5.63. The van der Waals surface area contributed by atoms with Crippen molar-refractivity contribution in [3.05, 3.63) is 93.6 Å². The Kier molecular flexibility index (Phi) is 6.44. The molecule has 3 aromatic carbocycles. The van der Waals surface area contributed by atoms with Crippen molar-refractivity contribution in [2.45, 2.75) is 32.9 Å². The summed E-state index contributed by atoms with van der Waals surface area (Å²) in [6.45, 7) is 3.61. The highest BCUT2D eigenvalue weighted by molar-refractivity contribution is 5.84. The highest BCUT2D eigenvalue weighted by atomic mass is 19.4. The fraction of sp³-hybridized carbons (Fsp3) is 0.208. The second kappa shape index (κ2) is 8.76. The third kappa shape index (κ3) is 4.54. The van der Waals surface area contributed by atoms with Gasteiger partial charge in [0.25, 0.3) is 0 Å². The molecule has 0 aromatic heterocycles. The molecule has 0 atom stereocenters. The quantitative estimate of drug-likeness (QED) is 0.303. The number of benzene rings is 3. The summed E-state index contributed by atoms with van der Waals surface area (Å²) in [5, 5.41) is 0. The molecule has 0 spiro atoms. The molecule has 1 nitrogen and oxygen atoms in total. The van der Waals surface area contributed by atoms with Crippen LogP contribution in [-0.4, -0.2) is 5.78 Å². The summed E-state index contributed by atoms with van der Waals surface area (Å²) in [5.41, 5.74) is -0.138. The first-order valence-corrected chi connectivity index (χ1v) is 9.51. The Hall–Kier alpha value is -3.16. The van der Waals surface area contributed by atoms with Crippen molar-refractivity contribution in [3.8, 4) is 11.1 Å². The highest BCUT2D eigenvalue weighted by Gasteiger charge is 2.42. The highest BCUT2D eigenvalue weighted by Crippen LogP contribution is 2.37. The maximum absolute atomic E-state index is 14.1. The standard InChI is InChI=1S/C24H17F7O/c1-12-7-8-14(17-6-4-3-5-13(17)2)9-15(12)10-16(32)11-18-20(25)22(27)19(24(29,30)31)23(28)21(18)26/h3-9H,10-11H2,1-2H3. The largest absolute Gasteiger partial charge is 0.422 e.